The predicted molar refractivity (Wildman–Crippen MR) is 161 cm³/mol. The Balaban J connectivity index is 1.50. The zero-order valence-electron chi connectivity index (χ0n) is 26.1. The number of halogens is 9. The predicted octanol–water partition coefficient (Wildman–Crippen LogP) is 10.1. The highest BCUT2D eigenvalue weighted by atomic mass is 19.4. The number of methoxy groups -OCH3 is 1. The molecule has 5 nitrogen and oxygen atoms in total. The third kappa shape index (κ3) is 6.05. The van der Waals surface area contributed by atoms with Gasteiger partial charge in [0, 0.05) is 23.0 Å². The van der Waals surface area contributed by atoms with Gasteiger partial charge in [-0.25, -0.2) is 4.79 Å². The average molecular weight is 694 g/mol. The van der Waals surface area contributed by atoms with Crippen molar-refractivity contribution in [3.8, 4) is 28.0 Å². The fourth-order valence-electron chi connectivity index (χ4n) is 7.06. The first-order valence-corrected chi connectivity index (χ1v) is 15.0. The molecule has 2 amide bonds. The van der Waals surface area contributed by atoms with Crippen molar-refractivity contribution < 1.29 is 49.0 Å². The second-order valence-corrected chi connectivity index (χ2v) is 12.4. The molecule has 2 aliphatic heterocycles. The Labute approximate surface area is 274 Å². The number of benzene rings is 3. The minimum atomic E-state index is -5.12. The van der Waals surface area contributed by atoms with Crippen LogP contribution in [0.1, 0.15) is 65.4 Å². The molecule has 3 aromatic carbocycles. The summed E-state index contributed by atoms with van der Waals surface area (Å²) < 4.78 is 130. The third-order valence-corrected chi connectivity index (χ3v) is 9.38. The molecule has 0 spiro atoms. The van der Waals surface area contributed by atoms with Crippen LogP contribution in [0, 0.1) is 6.92 Å². The van der Waals surface area contributed by atoms with Gasteiger partial charge < -0.3 is 15.0 Å². The van der Waals surface area contributed by atoms with Crippen LogP contribution >= 0.6 is 0 Å². The third-order valence-electron chi connectivity index (χ3n) is 9.38. The first kappa shape index (κ1) is 34.1. The van der Waals surface area contributed by atoms with Crippen LogP contribution in [-0.4, -0.2) is 28.6 Å². The molecular weight excluding hydrogens is 665 g/mol. The van der Waals surface area contributed by atoms with E-state index in [9.17, 15) is 44.3 Å². The molecule has 0 aliphatic carbocycles. The lowest BCUT2D eigenvalue weighted by Crippen LogP contribution is -2.41. The Kier molecular flexibility index (Phi) is 8.14. The van der Waals surface area contributed by atoms with Gasteiger partial charge in [-0.2, -0.15) is 39.5 Å². The maximum atomic E-state index is 14.1. The summed E-state index contributed by atoms with van der Waals surface area (Å²) in [6.45, 7) is 3.30. The number of fused-ring (bicyclic) bond motifs is 1. The molecular formula is C35H28F9N3O2. The summed E-state index contributed by atoms with van der Waals surface area (Å²) in [5, 5.41) is 2.53. The molecule has 0 bridgehead atoms. The van der Waals surface area contributed by atoms with E-state index in [4.69, 9.17) is 4.74 Å². The number of aryl methyl sites for hydroxylation is 1. The molecule has 3 heterocycles. The first-order valence-electron chi connectivity index (χ1n) is 15.0. The number of urea groups is 1. The van der Waals surface area contributed by atoms with E-state index in [-0.39, 0.29) is 24.5 Å². The molecule has 1 aromatic heterocycles. The Morgan fingerprint density at radius 1 is 0.816 bits per heavy atom. The van der Waals surface area contributed by atoms with Gasteiger partial charge in [-0.05, 0) is 97.5 Å². The van der Waals surface area contributed by atoms with E-state index in [2.05, 4.69) is 10.3 Å². The fourth-order valence-corrected chi connectivity index (χ4v) is 7.06. The van der Waals surface area contributed by atoms with Crippen LogP contribution in [-0.2, 0) is 18.5 Å². The monoisotopic (exact) mass is 693 g/mol. The summed E-state index contributed by atoms with van der Waals surface area (Å²) in [4.78, 5) is 19.2. The van der Waals surface area contributed by atoms with Gasteiger partial charge in [0.2, 0.25) is 0 Å². The molecule has 258 valence electrons. The standard InChI is InChI=1S/C35H28F9N3O2/c1-18-24(5-4-12-45-18)19-6-9-29(49-3)27(15-19)25-8-7-21(33(36,37)38)17-26(25)28-10-11-32(2)30(46-31(48)47(28)32)20-13-22(34(39,40)41)16-23(14-20)35(42,43)44/h4-9,12-17,28,30H,10-11H2,1-3H3,(H,46,48)/t28-,30+,32-/m0/s1. The highest BCUT2D eigenvalue weighted by Gasteiger charge is 2.57. The van der Waals surface area contributed by atoms with E-state index in [1.807, 2.05) is 6.07 Å². The molecule has 0 unspecified atom stereocenters. The summed E-state index contributed by atoms with van der Waals surface area (Å²) in [5.74, 6) is 0.319. The summed E-state index contributed by atoms with van der Waals surface area (Å²) in [5.41, 5.74) is -2.97. The van der Waals surface area contributed by atoms with Gasteiger partial charge in [-0.15, -0.1) is 0 Å². The molecule has 0 radical (unpaired) electrons. The minimum Gasteiger partial charge on any atom is -0.496 e. The maximum Gasteiger partial charge on any atom is 0.416 e. The van der Waals surface area contributed by atoms with Crippen LogP contribution < -0.4 is 10.1 Å². The Morgan fingerprint density at radius 3 is 2.06 bits per heavy atom. The first-order chi connectivity index (χ1) is 22.8. The van der Waals surface area contributed by atoms with Crippen LogP contribution in [0.5, 0.6) is 5.75 Å². The number of hydrogen-bond donors (Lipinski definition) is 1. The van der Waals surface area contributed by atoms with Gasteiger partial charge in [0.1, 0.15) is 5.75 Å². The summed E-state index contributed by atoms with van der Waals surface area (Å²) in [6.07, 6.45) is -13.3. The Bertz CT molecular complexity index is 1900. The van der Waals surface area contributed by atoms with Crippen molar-refractivity contribution >= 4 is 6.03 Å². The fraction of sp³-hybridized carbons (Fsp3) is 0.314. The normalized spacial score (nSPS) is 21.1. The van der Waals surface area contributed by atoms with Crippen molar-refractivity contribution in [2.45, 2.75) is 62.8 Å². The maximum absolute atomic E-state index is 14.1. The van der Waals surface area contributed by atoms with E-state index in [1.54, 1.807) is 37.4 Å². The van der Waals surface area contributed by atoms with Crippen LogP contribution in [0.4, 0.5) is 44.3 Å². The minimum absolute atomic E-state index is 0.00123. The number of amides is 2. The van der Waals surface area contributed by atoms with Crippen molar-refractivity contribution in [3.63, 3.8) is 0 Å². The highest BCUT2D eigenvalue weighted by Crippen LogP contribution is 2.55. The number of hydrogen-bond acceptors (Lipinski definition) is 3. The number of pyridine rings is 1. The van der Waals surface area contributed by atoms with Crippen molar-refractivity contribution in [3.05, 3.63) is 106 Å². The summed E-state index contributed by atoms with van der Waals surface area (Å²) in [6, 6.07) is 9.76. The number of alkyl halides is 9. The SMILES string of the molecule is COc1ccc(-c2cccnc2C)cc1-c1ccc(C(F)(F)F)cc1[C@@H]1CC[C@@]2(C)[C@@H](c3cc(C(F)(F)F)cc(C(F)(F)F)c3)NC(=O)N12. The topological polar surface area (TPSA) is 54.5 Å². The molecule has 3 atom stereocenters. The molecule has 2 aliphatic rings. The van der Waals surface area contributed by atoms with E-state index < -0.39 is 64.4 Å². The van der Waals surface area contributed by atoms with E-state index in [1.165, 1.54) is 25.0 Å². The van der Waals surface area contributed by atoms with Gasteiger partial charge in [-0.3, -0.25) is 4.98 Å². The molecule has 4 aromatic rings. The Morgan fingerprint density at radius 2 is 1.47 bits per heavy atom. The second kappa shape index (κ2) is 11.7. The number of ether oxygens (including phenoxy) is 1. The molecule has 2 saturated heterocycles. The molecule has 0 saturated carbocycles. The van der Waals surface area contributed by atoms with Crippen LogP contribution in [0.3, 0.4) is 0 Å². The number of rotatable bonds is 5. The van der Waals surface area contributed by atoms with Crippen LogP contribution in [0.15, 0.2) is 72.9 Å². The molecule has 1 N–H and O–H groups in total. The summed E-state index contributed by atoms with van der Waals surface area (Å²) in [7, 11) is 1.40. The largest absolute Gasteiger partial charge is 0.496 e. The lowest BCUT2D eigenvalue weighted by Gasteiger charge is -2.35. The Hall–Kier alpha value is -4.75. The molecule has 6 rings (SSSR count). The van der Waals surface area contributed by atoms with E-state index >= 15 is 0 Å². The second-order valence-electron chi connectivity index (χ2n) is 12.4. The highest BCUT2D eigenvalue weighted by molar-refractivity contribution is 5.83. The summed E-state index contributed by atoms with van der Waals surface area (Å²) >= 11 is 0. The van der Waals surface area contributed by atoms with E-state index in [0.717, 1.165) is 17.7 Å². The quantitative estimate of drug-likeness (QED) is 0.212. The molecule has 14 heteroatoms. The van der Waals surface area contributed by atoms with Gasteiger partial charge in [-0.1, -0.05) is 18.2 Å². The van der Waals surface area contributed by atoms with Crippen LogP contribution in [0.2, 0.25) is 0 Å². The smallest absolute Gasteiger partial charge is 0.416 e. The number of carbonyl (C=O) groups excluding carboxylic acids is 1. The van der Waals surface area contributed by atoms with Crippen molar-refractivity contribution in [2.24, 2.45) is 0 Å². The molecule has 2 fully saturated rings. The number of aromatic nitrogens is 1. The van der Waals surface area contributed by atoms with Crippen molar-refractivity contribution in [2.75, 3.05) is 7.11 Å². The zero-order valence-corrected chi connectivity index (χ0v) is 26.1. The molecule has 49 heavy (non-hydrogen) atoms. The zero-order chi connectivity index (χ0) is 35.7. The average Bonchev–Trinajstić information content (AvgIpc) is 3.51. The van der Waals surface area contributed by atoms with Gasteiger partial charge >= 0.3 is 24.6 Å². The van der Waals surface area contributed by atoms with Gasteiger partial charge in [0.25, 0.3) is 0 Å². The van der Waals surface area contributed by atoms with E-state index in [0.29, 0.717) is 40.3 Å². The van der Waals surface area contributed by atoms with Crippen molar-refractivity contribution in [1.82, 2.24) is 15.2 Å². The van der Waals surface area contributed by atoms with Gasteiger partial charge in [0.05, 0.1) is 41.4 Å². The van der Waals surface area contributed by atoms with Crippen molar-refractivity contribution in [1.29, 1.82) is 0 Å². The lowest BCUT2D eigenvalue weighted by molar-refractivity contribution is -0.143. The number of nitrogens with zero attached hydrogens (tertiary/aromatic N) is 2. The number of nitrogens with one attached hydrogen (secondary N) is 1. The van der Waals surface area contributed by atoms with Gasteiger partial charge in [0.15, 0.2) is 0 Å². The lowest BCUT2D eigenvalue weighted by atomic mass is 9.85. The number of carbonyl (C=O) groups is 1. The van der Waals surface area contributed by atoms with Crippen LogP contribution in [0.25, 0.3) is 22.3 Å².